The number of anilines is 2. The van der Waals surface area contributed by atoms with E-state index in [2.05, 4.69) is 34.3 Å². The van der Waals surface area contributed by atoms with Crippen LogP contribution in [0.4, 0.5) is 11.5 Å². The largest absolute Gasteiger partial charge is 0.381 e. The second-order valence-corrected chi connectivity index (χ2v) is 5.87. The number of aromatic nitrogens is 1. The van der Waals surface area contributed by atoms with Crippen molar-refractivity contribution in [2.45, 2.75) is 45.1 Å². The first kappa shape index (κ1) is 11.8. The molecule has 1 aromatic heterocycles. The van der Waals surface area contributed by atoms with Gasteiger partial charge in [-0.1, -0.05) is 6.92 Å². The molecule has 2 heterocycles. The molecular formula is C15H23N3. The number of hydrogen-bond donors (Lipinski definition) is 1. The van der Waals surface area contributed by atoms with E-state index in [1.54, 1.807) is 0 Å². The highest BCUT2D eigenvalue weighted by molar-refractivity contribution is 5.49. The van der Waals surface area contributed by atoms with E-state index < -0.39 is 0 Å². The highest BCUT2D eigenvalue weighted by Gasteiger charge is 2.24. The molecule has 1 saturated carbocycles. The fourth-order valence-corrected chi connectivity index (χ4v) is 3.04. The van der Waals surface area contributed by atoms with Crippen LogP contribution < -0.4 is 10.2 Å². The zero-order valence-corrected chi connectivity index (χ0v) is 11.2. The normalized spacial score (nSPS) is 27.7. The number of rotatable bonds is 3. The molecule has 0 unspecified atom stereocenters. The molecule has 0 bridgehead atoms. The summed E-state index contributed by atoms with van der Waals surface area (Å²) in [7, 11) is 0. The Morgan fingerprint density at radius 2 is 1.94 bits per heavy atom. The van der Waals surface area contributed by atoms with Crippen molar-refractivity contribution >= 4 is 11.5 Å². The summed E-state index contributed by atoms with van der Waals surface area (Å²) >= 11 is 0. The Morgan fingerprint density at radius 3 is 2.56 bits per heavy atom. The van der Waals surface area contributed by atoms with Gasteiger partial charge in [0.1, 0.15) is 5.82 Å². The van der Waals surface area contributed by atoms with Gasteiger partial charge in [-0.05, 0) is 50.2 Å². The third-order valence-electron chi connectivity index (χ3n) is 4.17. The van der Waals surface area contributed by atoms with E-state index in [1.807, 2.05) is 6.20 Å². The quantitative estimate of drug-likeness (QED) is 0.885. The molecule has 1 N–H and O–H groups in total. The monoisotopic (exact) mass is 245 g/mol. The van der Waals surface area contributed by atoms with Crippen molar-refractivity contribution in [3.05, 3.63) is 18.3 Å². The minimum atomic E-state index is 0.669. The lowest BCUT2D eigenvalue weighted by atomic mass is 9.82. The van der Waals surface area contributed by atoms with E-state index in [1.165, 1.54) is 50.9 Å². The van der Waals surface area contributed by atoms with Crippen LogP contribution in [0.5, 0.6) is 0 Å². The minimum Gasteiger partial charge on any atom is -0.381 e. The van der Waals surface area contributed by atoms with Gasteiger partial charge in [0.2, 0.25) is 0 Å². The Kier molecular flexibility index (Phi) is 3.39. The number of piperidine rings is 1. The average Bonchev–Trinajstić information content (AvgIpc) is 2.39. The van der Waals surface area contributed by atoms with Crippen LogP contribution >= 0.6 is 0 Å². The van der Waals surface area contributed by atoms with E-state index in [-0.39, 0.29) is 0 Å². The van der Waals surface area contributed by atoms with Gasteiger partial charge in [-0.3, -0.25) is 0 Å². The van der Waals surface area contributed by atoms with Gasteiger partial charge in [0.25, 0.3) is 0 Å². The van der Waals surface area contributed by atoms with Crippen molar-refractivity contribution in [1.29, 1.82) is 0 Å². The summed E-state index contributed by atoms with van der Waals surface area (Å²) in [4.78, 5) is 7.00. The maximum Gasteiger partial charge on any atom is 0.128 e. The van der Waals surface area contributed by atoms with Gasteiger partial charge in [-0.15, -0.1) is 0 Å². The van der Waals surface area contributed by atoms with Gasteiger partial charge in [0.15, 0.2) is 0 Å². The Balaban J connectivity index is 1.58. The summed E-state index contributed by atoms with van der Waals surface area (Å²) in [6, 6.07) is 5.01. The van der Waals surface area contributed by atoms with Crippen LogP contribution in [0.2, 0.25) is 0 Å². The van der Waals surface area contributed by atoms with Crippen molar-refractivity contribution in [3.63, 3.8) is 0 Å². The van der Waals surface area contributed by atoms with E-state index >= 15 is 0 Å². The lowest BCUT2D eigenvalue weighted by Crippen LogP contribution is -2.34. The van der Waals surface area contributed by atoms with Crippen LogP contribution in [-0.4, -0.2) is 24.1 Å². The summed E-state index contributed by atoms with van der Waals surface area (Å²) in [5, 5.41) is 3.56. The molecule has 0 atom stereocenters. The van der Waals surface area contributed by atoms with Crippen molar-refractivity contribution < 1.29 is 0 Å². The molecule has 18 heavy (non-hydrogen) atoms. The van der Waals surface area contributed by atoms with Gasteiger partial charge < -0.3 is 10.2 Å². The zero-order valence-electron chi connectivity index (χ0n) is 11.2. The minimum absolute atomic E-state index is 0.669. The SMILES string of the molecule is CC1CC(Nc2ccc(N3CCCCC3)nc2)C1. The van der Waals surface area contributed by atoms with E-state index in [0.717, 1.165) is 11.7 Å². The number of pyridine rings is 1. The van der Waals surface area contributed by atoms with Crippen molar-refractivity contribution in [1.82, 2.24) is 4.98 Å². The molecule has 0 radical (unpaired) electrons. The van der Waals surface area contributed by atoms with Gasteiger partial charge in [0.05, 0.1) is 11.9 Å². The van der Waals surface area contributed by atoms with Crippen molar-refractivity contribution in [3.8, 4) is 0 Å². The second kappa shape index (κ2) is 5.17. The molecule has 1 aliphatic carbocycles. The number of nitrogens with zero attached hydrogens (tertiary/aromatic N) is 2. The highest BCUT2D eigenvalue weighted by Crippen LogP contribution is 2.29. The van der Waals surface area contributed by atoms with Gasteiger partial charge in [-0.25, -0.2) is 4.98 Å². The number of nitrogens with one attached hydrogen (secondary N) is 1. The standard InChI is InChI=1S/C15H23N3/c1-12-9-14(10-12)17-13-5-6-15(16-11-13)18-7-3-2-4-8-18/h5-6,11-12,14,17H,2-4,7-10H2,1H3. The summed E-state index contributed by atoms with van der Waals surface area (Å²) in [6.07, 6.45) is 8.58. The first-order chi connectivity index (χ1) is 8.81. The van der Waals surface area contributed by atoms with Crippen LogP contribution in [0.3, 0.4) is 0 Å². The Hall–Kier alpha value is -1.25. The maximum absolute atomic E-state index is 4.60. The average molecular weight is 245 g/mol. The fraction of sp³-hybridized carbons (Fsp3) is 0.667. The molecule has 0 spiro atoms. The summed E-state index contributed by atoms with van der Waals surface area (Å²) in [6.45, 7) is 4.65. The summed E-state index contributed by atoms with van der Waals surface area (Å²) in [5.74, 6) is 2.03. The third kappa shape index (κ3) is 2.60. The van der Waals surface area contributed by atoms with Crippen LogP contribution in [-0.2, 0) is 0 Å². The van der Waals surface area contributed by atoms with Crippen LogP contribution in [0, 0.1) is 5.92 Å². The van der Waals surface area contributed by atoms with Gasteiger partial charge in [0, 0.05) is 19.1 Å². The number of hydrogen-bond acceptors (Lipinski definition) is 3. The summed E-state index contributed by atoms with van der Waals surface area (Å²) in [5.41, 5.74) is 1.17. The Bertz CT molecular complexity index is 375. The summed E-state index contributed by atoms with van der Waals surface area (Å²) < 4.78 is 0. The second-order valence-electron chi connectivity index (χ2n) is 5.87. The smallest absolute Gasteiger partial charge is 0.128 e. The molecule has 1 aromatic rings. The molecule has 3 nitrogen and oxygen atoms in total. The van der Waals surface area contributed by atoms with Crippen LogP contribution in [0.25, 0.3) is 0 Å². The first-order valence-electron chi connectivity index (χ1n) is 7.29. The maximum atomic E-state index is 4.60. The zero-order chi connectivity index (χ0) is 12.4. The molecule has 98 valence electrons. The van der Waals surface area contributed by atoms with E-state index in [0.29, 0.717) is 6.04 Å². The predicted molar refractivity (Wildman–Crippen MR) is 76.1 cm³/mol. The topological polar surface area (TPSA) is 28.2 Å². The molecule has 0 amide bonds. The molecule has 3 heteroatoms. The molecular weight excluding hydrogens is 222 g/mol. The van der Waals surface area contributed by atoms with Crippen LogP contribution in [0.1, 0.15) is 39.0 Å². The fourth-order valence-electron chi connectivity index (χ4n) is 3.04. The first-order valence-corrected chi connectivity index (χ1v) is 7.29. The molecule has 0 aromatic carbocycles. The van der Waals surface area contributed by atoms with Crippen molar-refractivity contribution in [2.24, 2.45) is 5.92 Å². The molecule has 1 aliphatic heterocycles. The van der Waals surface area contributed by atoms with Crippen LogP contribution in [0.15, 0.2) is 18.3 Å². The van der Waals surface area contributed by atoms with Gasteiger partial charge in [-0.2, -0.15) is 0 Å². The lowest BCUT2D eigenvalue weighted by Gasteiger charge is -2.34. The van der Waals surface area contributed by atoms with E-state index in [9.17, 15) is 0 Å². The molecule has 3 rings (SSSR count). The molecule has 2 aliphatic rings. The Labute approximate surface area is 110 Å². The molecule has 1 saturated heterocycles. The van der Waals surface area contributed by atoms with E-state index in [4.69, 9.17) is 0 Å². The predicted octanol–water partition coefficient (Wildman–Crippen LogP) is 3.28. The van der Waals surface area contributed by atoms with Gasteiger partial charge >= 0.3 is 0 Å². The Morgan fingerprint density at radius 1 is 1.17 bits per heavy atom. The highest BCUT2D eigenvalue weighted by atomic mass is 15.2. The van der Waals surface area contributed by atoms with Crippen molar-refractivity contribution in [2.75, 3.05) is 23.3 Å². The third-order valence-corrected chi connectivity index (χ3v) is 4.17. The molecule has 2 fully saturated rings. The lowest BCUT2D eigenvalue weighted by molar-refractivity contribution is 0.309.